The number of carbonyl (C=O) groups is 3. The van der Waals surface area contributed by atoms with Crippen LogP contribution in [0.1, 0.15) is 34.6 Å². The normalized spacial score (nSPS) is 32.4. The van der Waals surface area contributed by atoms with Crippen LogP contribution in [-0.4, -0.2) is 43.5 Å². The van der Waals surface area contributed by atoms with Crippen LogP contribution in [0, 0.1) is 5.92 Å². The zero-order chi connectivity index (χ0) is 15.2. The summed E-state index contributed by atoms with van der Waals surface area (Å²) in [5.41, 5.74) is -0.534. The molecule has 0 aromatic carbocycles. The number of thioether (sulfide) groups is 2. The zero-order valence-electron chi connectivity index (χ0n) is 12.2. The number of β-lactam (4-membered cyclic amide) rings is 1. The molecule has 4 atom stereocenters. The fourth-order valence-corrected chi connectivity index (χ4v) is 5.42. The van der Waals surface area contributed by atoms with Gasteiger partial charge < -0.3 is 9.64 Å². The first-order chi connectivity index (χ1) is 9.15. The molecule has 1 unspecified atom stereocenters. The Bertz CT molecular complexity index is 465. The smallest absolute Gasteiger partial charge is 0.303 e. The largest absolute Gasteiger partial charge is 0.451 e. The summed E-state index contributed by atoms with van der Waals surface area (Å²) in [7, 11) is 0. The highest BCUT2D eigenvalue weighted by atomic mass is 32.2. The number of carbonyl (C=O) groups excluding carboxylic acids is 3. The lowest BCUT2D eigenvalue weighted by atomic mass is 9.94. The monoisotopic (exact) mass is 317 g/mol. The van der Waals surface area contributed by atoms with Gasteiger partial charge in [-0.1, -0.05) is 6.92 Å². The molecule has 0 aromatic heterocycles. The van der Waals surface area contributed by atoms with Gasteiger partial charge in [0, 0.05) is 11.7 Å². The highest BCUT2D eigenvalue weighted by Crippen LogP contribution is 2.54. The maximum absolute atomic E-state index is 12.5. The number of ether oxygens (including phenoxy) is 1. The Morgan fingerprint density at radius 2 is 2.05 bits per heavy atom. The molecule has 2 saturated heterocycles. The summed E-state index contributed by atoms with van der Waals surface area (Å²) in [5.74, 6) is -0.399. The molecule has 0 saturated carbocycles. The van der Waals surface area contributed by atoms with Crippen molar-refractivity contribution in [2.75, 3.05) is 0 Å². The van der Waals surface area contributed by atoms with Crippen molar-refractivity contribution in [2.45, 2.75) is 56.2 Å². The van der Waals surface area contributed by atoms with E-state index >= 15 is 0 Å². The molecule has 112 valence electrons. The van der Waals surface area contributed by atoms with Gasteiger partial charge in [-0.2, -0.15) is 0 Å². The fourth-order valence-electron chi connectivity index (χ4n) is 2.67. The number of nitrogens with zero attached hydrogens (tertiary/aromatic N) is 1. The SMILES string of the molecule is CC(=O)OC(C)SC(=O)[C@@H]1N2C(=O)[C@@H](C)[C@H]2SC1(C)C. The number of amides is 1. The summed E-state index contributed by atoms with van der Waals surface area (Å²) in [5, 5.41) is -0.0184. The molecule has 0 radical (unpaired) electrons. The van der Waals surface area contributed by atoms with Crippen LogP contribution in [0.15, 0.2) is 0 Å². The standard InChI is InChI=1S/C13H19NO4S2/c1-6-10(16)14-9(13(4,5)20-11(6)14)12(17)19-8(3)18-7(2)15/h6,8-9,11H,1-5H3/t6-,8?,9+,11-/m1/s1. The van der Waals surface area contributed by atoms with Crippen LogP contribution in [0.3, 0.4) is 0 Å². The summed E-state index contributed by atoms with van der Waals surface area (Å²) in [4.78, 5) is 37.0. The highest BCUT2D eigenvalue weighted by Gasteiger charge is 2.61. The van der Waals surface area contributed by atoms with Gasteiger partial charge in [0.25, 0.3) is 0 Å². The van der Waals surface area contributed by atoms with E-state index in [4.69, 9.17) is 4.74 Å². The molecule has 0 N–H and O–H groups in total. The van der Waals surface area contributed by atoms with Gasteiger partial charge in [0.2, 0.25) is 11.0 Å². The first-order valence-electron chi connectivity index (χ1n) is 6.53. The fraction of sp³-hybridized carbons (Fsp3) is 0.769. The van der Waals surface area contributed by atoms with Crippen molar-refractivity contribution in [3.63, 3.8) is 0 Å². The number of fused-ring (bicyclic) bond motifs is 1. The lowest BCUT2D eigenvalue weighted by Gasteiger charge is -2.42. The summed E-state index contributed by atoms with van der Waals surface area (Å²) in [6.07, 6.45) is 0. The van der Waals surface area contributed by atoms with Gasteiger partial charge in [-0.05, 0) is 32.5 Å². The molecule has 1 amide bonds. The van der Waals surface area contributed by atoms with Crippen LogP contribution in [0.2, 0.25) is 0 Å². The Balaban J connectivity index is 2.08. The molecule has 0 spiro atoms. The topological polar surface area (TPSA) is 63.7 Å². The molecule has 5 nitrogen and oxygen atoms in total. The second kappa shape index (κ2) is 5.26. The van der Waals surface area contributed by atoms with Crippen LogP contribution < -0.4 is 0 Å². The highest BCUT2D eigenvalue weighted by molar-refractivity contribution is 8.14. The molecule has 0 bridgehead atoms. The Morgan fingerprint density at radius 3 is 2.60 bits per heavy atom. The minimum absolute atomic E-state index is 0.0204. The van der Waals surface area contributed by atoms with E-state index < -0.39 is 17.4 Å². The number of hydrogen-bond donors (Lipinski definition) is 0. The van der Waals surface area contributed by atoms with E-state index in [2.05, 4.69) is 0 Å². The molecule has 2 fully saturated rings. The molecule has 2 heterocycles. The van der Waals surface area contributed by atoms with Crippen LogP contribution in [0.4, 0.5) is 0 Å². The van der Waals surface area contributed by atoms with Gasteiger partial charge in [0.05, 0.1) is 11.3 Å². The minimum atomic E-state index is -0.534. The van der Waals surface area contributed by atoms with E-state index in [9.17, 15) is 14.4 Å². The van der Waals surface area contributed by atoms with Crippen molar-refractivity contribution in [1.82, 2.24) is 4.90 Å². The van der Waals surface area contributed by atoms with Crippen LogP contribution in [-0.2, 0) is 19.1 Å². The van der Waals surface area contributed by atoms with Gasteiger partial charge >= 0.3 is 5.97 Å². The van der Waals surface area contributed by atoms with E-state index in [0.717, 1.165) is 11.8 Å². The van der Waals surface area contributed by atoms with E-state index in [1.807, 2.05) is 20.8 Å². The summed E-state index contributed by atoms with van der Waals surface area (Å²) >= 11 is 2.65. The quantitative estimate of drug-likeness (QED) is 0.450. The van der Waals surface area contributed by atoms with E-state index in [0.29, 0.717) is 0 Å². The van der Waals surface area contributed by atoms with Crippen molar-refractivity contribution in [3.8, 4) is 0 Å². The lowest BCUT2D eigenvalue weighted by Crippen LogP contribution is -2.61. The van der Waals surface area contributed by atoms with Crippen LogP contribution in [0.5, 0.6) is 0 Å². The van der Waals surface area contributed by atoms with Gasteiger partial charge in [-0.3, -0.25) is 14.4 Å². The molecular weight excluding hydrogens is 298 g/mol. The van der Waals surface area contributed by atoms with Crippen molar-refractivity contribution >= 4 is 40.5 Å². The van der Waals surface area contributed by atoms with E-state index in [1.54, 1.807) is 23.6 Å². The maximum Gasteiger partial charge on any atom is 0.303 e. The average molecular weight is 317 g/mol. The first-order valence-corrected chi connectivity index (χ1v) is 8.29. The predicted molar refractivity (Wildman–Crippen MR) is 79.1 cm³/mol. The molecule has 20 heavy (non-hydrogen) atoms. The van der Waals surface area contributed by atoms with Crippen LogP contribution in [0.25, 0.3) is 0 Å². The van der Waals surface area contributed by atoms with Crippen molar-refractivity contribution in [3.05, 3.63) is 0 Å². The minimum Gasteiger partial charge on any atom is -0.451 e. The third-order valence-corrected chi connectivity index (χ3v) is 6.14. The van der Waals surface area contributed by atoms with Crippen LogP contribution >= 0.6 is 23.5 Å². The lowest BCUT2D eigenvalue weighted by molar-refractivity contribution is -0.154. The summed E-state index contributed by atoms with van der Waals surface area (Å²) in [6, 6.07) is -0.454. The summed E-state index contributed by atoms with van der Waals surface area (Å²) in [6.45, 7) is 8.84. The van der Waals surface area contributed by atoms with Crippen molar-refractivity contribution < 1.29 is 19.1 Å². The van der Waals surface area contributed by atoms with Crippen molar-refractivity contribution in [2.24, 2.45) is 5.92 Å². The Labute approximate surface area is 127 Å². The molecule has 0 aliphatic carbocycles. The molecule has 2 aliphatic heterocycles. The van der Waals surface area contributed by atoms with Gasteiger partial charge in [0.15, 0.2) is 5.44 Å². The third kappa shape index (κ3) is 2.57. The number of esters is 1. The Morgan fingerprint density at radius 1 is 1.45 bits per heavy atom. The molecular formula is C13H19NO4S2. The van der Waals surface area contributed by atoms with Gasteiger partial charge in [-0.25, -0.2) is 0 Å². The third-order valence-electron chi connectivity index (χ3n) is 3.54. The summed E-state index contributed by atoms with van der Waals surface area (Å²) < 4.78 is 4.66. The van der Waals surface area contributed by atoms with Gasteiger partial charge in [-0.15, -0.1) is 11.8 Å². The predicted octanol–water partition coefficient (Wildman–Crippen LogP) is 1.85. The van der Waals surface area contributed by atoms with Crippen molar-refractivity contribution in [1.29, 1.82) is 0 Å². The van der Waals surface area contributed by atoms with E-state index in [-0.39, 0.29) is 27.1 Å². The molecule has 2 rings (SSSR count). The molecule has 0 aromatic rings. The Kier molecular flexibility index (Phi) is 4.12. The van der Waals surface area contributed by atoms with E-state index in [1.165, 1.54) is 6.92 Å². The van der Waals surface area contributed by atoms with Gasteiger partial charge in [0.1, 0.15) is 6.04 Å². The molecule has 7 heteroatoms. The Hall–Kier alpha value is -0.690. The average Bonchev–Trinajstić information content (AvgIpc) is 2.56. The molecule has 2 aliphatic rings. The second-order valence-electron chi connectivity index (χ2n) is 5.66. The maximum atomic E-state index is 12.5. The number of hydrogen-bond acceptors (Lipinski definition) is 6. The zero-order valence-corrected chi connectivity index (χ0v) is 13.8. The second-order valence-corrected chi connectivity index (χ2v) is 8.74. The number of rotatable bonds is 3. The first kappa shape index (κ1) is 15.7.